The molecule has 0 radical (unpaired) electrons. The Morgan fingerprint density at radius 1 is 1.39 bits per heavy atom. The average Bonchev–Trinajstić information content (AvgIpc) is 2.52. The molecule has 1 aliphatic carbocycles. The molecule has 1 aromatic rings. The molecule has 6 heteroatoms. The molecule has 1 amide bonds. The first-order chi connectivity index (χ1) is 11.0. The van der Waals surface area contributed by atoms with Gasteiger partial charge in [-0.15, -0.1) is 0 Å². The summed E-state index contributed by atoms with van der Waals surface area (Å²) >= 11 is 3.50. The molecule has 0 bridgehead atoms. The van der Waals surface area contributed by atoms with E-state index >= 15 is 0 Å². The highest BCUT2D eigenvalue weighted by atomic mass is 79.9. The van der Waals surface area contributed by atoms with Gasteiger partial charge in [0.25, 0.3) is 0 Å². The predicted octanol–water partition coefficient (Wildman–Crippen LogP) is 2.74. The molecule has 1 saturated carbocycles. The summed E-state index contributed by atoms with van der Waals surface area (Å²) in [5.74, 6) is 1.38. The van der Waals surface area contributed by atoms with E-state index in [-0.39, 0.29) is 11.8 Å². The van der Waals surface area contributed by atoms with Gasteiger partial charge in [0.05, 0.1) is 10.4 Å². The summed E-state index contributed by atoms with van der Waals surface area (Å²) in [6.07, 6.45) is 3.94. The summed E-state index contributed by atoms with van der Waals surface area (Å²) in [5.41, 5.74) is 6.87. The first-order valence-corrected chi connectivity index (χ1v) is 8.91. The second kappa shape index (κ2) is 6.69. The average molecular weight is 383 g/mol. The summed E-state index contributed by atoms with van der Waals surface area (Å²) in [7, 11) is 0. The lowest BCUT2D eigenvalue weighted by Crippen LogP contribution is -2.52. The lowest BCUT2D eigenvalue weighted by molar-refractivity contribution is -0.128. The maximum Gasteiger partial charge on any atom is 0.225 e. The minimum Gasteiger partial charge on any atom is -0.486 e. The number of halogens is 1. The van der Waals surface area contributed by atoms with Crippen molar-refractivity contribution in [3.63, 3.8) is 0 Å². The van der Waals surface area contributed by atoms with Gasteiger partial charge in [-0.25, -0.2) is 0 Å². The van der Waals surface area contributed by atoms with Crippen LogP contribution in [0.15, 0.2) is 16.6 Å². The molecule has 23 heavy (non-hydrogen) atoms. The normalized spacial score (nSPS) is 26.7. The lowest BCUT2D eigenvalue weighted by Gasteiger charge is -2.37. The Balaban J connectivity index is 1.66. The Kier molecular flexibility index (Phi) is 4.82. The first-order valence-electron chi connectivity index (χ1n) is 8.12. The van der Waals surface area contributed by atoms with Crippen molar-refractivity contribution in [3.8, 4) is 11.5 Å². The SMILES string of the molecule is CC1(N)CCCCC1C(=O)NCc1cc(Br)c2c(c1)OCCO2. The van der Waals surface area contributed by atoms with Crippen LogP contribution >= 0.6 is 15.9 Å². The number of nitrogens with one attached hydrogen (secondary N) is 1. The maximum absolute atomic E-state index is 12.5. The largest absolute Gasteiger partial charge is 0.486 e. The van der Waals surface area contributed by atoms with Gasteiger partial charge in [0.2, 0.25) is 5.91 Å². The molecular weight excluding hydrogens is 360 g/mol. The van der Waals surface area contributed by atoms with Crippen LogP contribution in [0.2, 0.25) is 0 Å². The summed E-state index contributed by atoms with van der Waals surface area (Å²) in [5, 5.41) is 3.02. The molecule has 3 N–H and O–H groups in total. The van der Waals surface area contributed by atoms with Gasteiger partial charge in [-0.3, -0.25) is 4.79 Å². The zero-order chi connectivity index (χ0) is 16.4. The quantitative estimate of drug-likeness (QED) is 0.842. The van der Waals surface area contributed by atoms with E-state index in [1.807, 2.05) is 19.1 Å². The predicted molar refractivity (Wildman–Crippen MR) is 91.5 cm³/mol. The summed E-state index contributed by atoms with van der Waals surface area (Å²) in [6, 6.07) is 3.87. The van der Waals surface area contributed by atoms with Crippen LogP contribution in [0.3, 0.4) is 0 Å². The lowest BCUT2D eigenvalue weighted by atomic mass is 9.74. The monoisotopic (exact) mass is 382 g/mol. The van der Waals surface area contributed by atoms with Crippen LogP contribution < -0.4 is 20.5 Å². The highest BCUT2D eigenvalue weighted by Gasteiger charge is 2.37. The van der Waals surface area contributed by atoms with Crippen LogP contribution in [-0.2, 0) is 11.3 Å². The van der Waals surface area contributed by atoms with Gasteiger partial charge in [0.15, 0.2) is 11.5 Å². The molecule has 1 aliphatic heterocycles. The smallest absolute Gasteiger partial charge is 0.225 e. The molecule has 3 rings (SSSR count). The maximum atomic E-state index is 12.5. The number of amides is 1. The molecule has 1 heterocycles. The topological polar surface area (TPSA) is 73.6 Å². The fraction of sp³-hybridized carbons (Fsp3) is 0.588. The molecule has 2 aliphatic rings. The van der Waals surface area contributed by atoms with E-state index in [2.05, 4.69) is 21.2 Å². The van der Waals surface area contributed by atoms with E-state index < -0.39 is 5.54 Å². The highest BCUT2D eigenvalue weighted by Crippen LogP contribution is 2.38. The highest BCUT2D eigenvalue weighted by molar-refractivity contribution is 9.10. The minimum atomic E-state index is -0.407. The molecule has 2 atom stereocenters. The number of carbonyl (C=O) groups excluding carboxylic acids is 1. The van der Waals surface area contributed by atoms with Crippen LogP contribution in [0.1, 0.15) is 38.2 Å². The van der Waals surface area contributed by atoms with Gasteiger partial charge in [-0.1, -0.05) is 12.8 Å². The molecule has 1 aromatic carbocycles. The van der Waals surface area contributed by atoms with Gasteiger partial charge < -0.3 is 20.5 Å². The third kappa shape index (κ3) is 3.63. The van der Waals surface area contributed by atoms with Crippen LogP contribution in [0, 0.1) is 5.92 Å². The van der Waals surface area contributed by atoms with E-state index in [0.717, 1.165) is 47.2 Å². The van der Waals surface area contributed by atoms with E-state index in [4.69, 9.17) is 15.2 Å². The van der Waals surface area contributed by atoms with Crippen LogP contribution in [0.5, 0.6) is 11.5 Å². The van der Waals surface area contributed by atoms with Crippen molar-refractivity contribution in [2.45, 2.75) is 44.7 Å². The standard InChI is InChI=1S/C17H23BrN2O3/c1-17(19)5-3-2-4-12(17)16(21)20-10-11-8-13(18)15-14(9-11)22-6-7-23-15/h8-9,12H,2-7,10,19H2,1H3,(H,20,21). The molecule has 126 valence electrons. The van der Waals surface area contributed by atoms with Gasteiger partial charge in [0.1, 0.15) is 13.2 Å². The zero-order valence-electron chi connectivity index (χ0n) is 13.4. The van der Waals surface area contributed by atoms with Crippen LogP contribution in [-0.4, -0.2) is 24.7 Å². The number of benzene rings is 1. The van der Waals surface area contributed by atoms with E-state index in [1.54, 1.807) is 0 Å². The Bertz CT molecular complexity index is 604. The summed E-state index contributed by atoms with van der Waals surface area (Å²) < 4.78 is 12.0. The molecular formula is C17H23BrN2O3. The van der Waals surface area contributed by atoms with E-state index in [9.17, 15) is 4.79 Å². The number of fused-ring (bicyclic) bond motifs is 1. The molecule has 5 nitrogen and oxygen atoms in total. The number of hydrogen-bond acceptors (Lipinski definition) is 4. The van der Waals surface area contributed by atoms with Crippen molar-refractivity contribution in [1.29, 1.82) is 0 Å². The van der Waals surface area contributed by atoms with Crippen molar-refractivity contribution in [2.75, 3.05) is 13.2 Å². The van der Waals surface area contributed by atoms with Crippen molar-refractivity contribution in [3.05, 3.63) is 22.2 Å². The second-order valence-electron chi connectivity index (χ2n) is 6.62. The zero-order valence-corrected chi connectivity index (χ0v) is 14.9. The second-order valence-corrected chi connectivity index (χ2v) is 7.48. The van der Waals surface area contributed by atoms with Crippen molar-refractivity contribution in [1.82, 2.24) is 5.32 Å². The van der Waals surface area contributed by atoms with E-state index in [0.29, 0.717) is 19.8 Å². The van der Waals surface area contributed by atoms with Crippen molar-refractivity contribution >= 4 is 21.8 Å². The van der Waals surface area contributed by atoms with Crippen molar-refractivity contribution < 1.29 is 14.3 Å². The Morgan fingerprint density at radius 2 is 2.17 bits per heavy atom. The molecule has 0 aromatic heterocycles. The number of nitrogens with two attached hydrogens (primary N) is 1. The Morgan fingerprint density at radius 3 is 2.96 bits per heavy atom. The molecule has 2 unspecified atom stereocenters. The molecule has 1 fully saturated rings. The number of rotatable bonds is 3. The number of ether oxygens (including phenoxy) is 2. The first kappa shape index (κ1) is 16.6. The Labute approximate surface area is 145 Å². The number of carbonyl (C=O) groups is 1. The van der Waals surface area contributed by atoms with Crippen LogP contribution in [0.4, 0.5) is 0 Å². The summed E-state index contributed by atoms with van der Waals surface area (Å²) in [4.78, 5) is 12.5. The molecule has 0 saturated heterocycles. The third-order valence-electron chi connectivity index (χ3n) is 4.69. The van der Waals surface area contributed by atoms with Gasteiger partial charge in [-0.05, 0) is 53.4 Å². The van der Waals surface area contributed by atoms with Gasteiger partial charge in [0, 0.05) is 12.1 Å². The fourth-order valence-corrected chi connectivity index (χ4v) is 3.97. The molecule has 0 spiro atoms. The third-order valence-corrected chi connectivity index (χ3v) is 5.28. The van der Waals surface area contributed by atoms with Crippen molar-refractivity contribution in [2.24, 2.45) is 11.7 Å². The fourth-order valence-electron chi connectivity index (χ4n) is 3.37. The van der Waals surface area contributed by atoms with E-state index in [1.165, 1.54) is 0 Å². The minimum absolute atomic E-state index is 0.0423. The Hall–Kier alpha value is -1.27. The van der Waals surface area contributed by atoms with Gasteiger partial charge >= 0.3 is 0 Å². The summed E-state index contributed by atoms with van der Waals surface area (Å²) in [6.45, 7) is 3.54. The number of hydrogen-bond donors (Lipinski definition) is 2. The van der Waals surface area contributed by atoms with Gasteiger partial charge in [-0.2, -0.15) is 0 Å². The van der Waals surface area contributed by atoms with Crippen LogP contribution in [0.25, 0.3) is 0 Å².